The predicted octanol–water partition coefficient (Wildman–Crippen LogP) is 3.41. The second-order valence-electron chi connectivity index (χ2n) is 6.19. The van der Waals surface area contributed by atoms with Gasteiger partial charge in [-0.1, -0.05) is 18.2 Å². The zero-order valence-corrected chi connectivity index (χ0v) is 17.3. The molecule has 0 saturated heterocycles. The SMILES string of the molecule is Nc1c(Br)cnn1/C(=C\Cc1ccccc1F)NCCNc1ccc([N+](=O)[O-])cn1. The molecule has 4 N–H and O–H groups in total. The summed E-state index contributed by atoms with van der Waals surface area (Å²) >= 11 is 3.33. The Labute approximate surface area is 180 Å². The molecule has 0 atom stereocenters. The Kier molecular flexibility index (Phi) is 6.96. The van der Waals surface area contributed by atoms with Crippen LogP contribution in [0.5, 0.6) is 0 Å². The molecule has 0 saturated carbocycles. The van der Waals surface area contributed by atoms with Gasteiger partial charge in [0.1, 0.15) is 29.5 Å². The first kappa shape index (κ1) is 21.2. The first-order chi connectivity index (χ1) is 14.5. The molecule has 0 unspecified atom stereocenters. The molecule has 0 bridgehead atoms. The van der Waals surface area contributed by atoms with Gasteiger partial charge in [0.2, 0.25) is 0 Å². The number of allylic oxidation sites excluding steroid dienone is 1. The number of nitrogen functional groups attached to an aromatic ring is 1. The second kappa shape index (κ2) is 9.83. The lowest BCUT2D eigenvalue weighted by molar-refractivity contribution is -0.385. The standard InChI is InChI=1S/C19H19BrFN7O2/c20-15-12-26-27(19(15)22)18(8-5-13-3-1-2-4-16(13)21)24-10-9-23-17-7-6-14(11-25-17)28(29)30/h1-4,6-8,11-12,24H,5,9-10,22H2,(H,23,25)/b18-8-. The van der Waals surface area contributed by atoms with Crippen LogP contribution < -0.4 is 16.4 Å². The lowest BCUT2D eigenvalue weighted by Gasteiger charge is -2.14. The van der Waals surface area contributed by atoms with Crippen LogP contribution >= 0.6 is 15.9 Å². The number of halogens is 2. The van der Waals surface area contributed by atoms with Gasteiger partial charge in [0.25, 0.3) is 5.69 Å². The minimum absolute atomic E-state index is 0.0724. The lowest BCUT2D eigenvalue weighted by Crippen LogP contribution is -2.25. The van der Waals surface area contributed by atoms with Crippen molar-refractivity contribution in [3.63, 3.8) is 0 Å². The average molecular weight is 476 g/mol. The predicted molar refractivity (Wildman–Crippen MR) is 116 cm³/mol. The monoisotopic (exact) mass is 475 g/mol. The Balaban J connectivity index is 1.65. The molecule has 2 aromatic heterocycles. The third-order valence-corrected chi connectivity index (χ3v) is 4.77. The van der Waals surface area contributed by atoms with E-state index in [1.54, 1.807) is 30.5 Å². The fourth-order valence-corrected chi connectivity index (χ4v) is 2.87. The number of nitrogens with two attached hydrogens (primary N) is 1. The van der Waals surface area contributed by atoms with E-state index in [1.807, 2.05) is 0 Å². The van der Waals surface area contributed by atoms with Gasteiger partial charge in [0.15, 0.2) is 0 Å². The van der Waals surface area contributed by atoms with Gasteiger partial charge in [0, 0.05) is 19.2 Å². The van der Waals surface area contributed by atoms with E-state index < -0.39 is 4.92 Å². The van der Waals surface area contributed by atoms with Gasteiger partial charge in [-0.15, -0.1) is 0 Å². The van der Waals surface area contributed by atoms with Gasteiger partial charge in [0.05, 0.1) is 15.6 Å². The Hall–Kier alpha value is -3.47. The van der Waals surface area contributed by atoms with Crippen molar-refractivity contribution >= 4 is 39.1 Å². The van der Waals surface area contributed by atoms with E-state index in [4.69, 9.17) is 5.73 Å². The number of hydrogen-bond donors (Lipinski definition) is 3. The molecule has 30 heavy (non-hydrogen) atoms. The number of pyridine rings is 1. The van der Waals surface area contributed by atoms with Gasteiger partial charge >= 0.3 is 0 Å². The maximum atomic E-state index is 13.9. The average Bonchev–Trinajstić information content (AvgIpc) is 3.07. The summed E-state index contributed by atoms with van der Waals surface area (Å²) in [6, 6.07) is 9.46. The molecule has 0 aliphatic carbocycles. The van der Waals surface area contributed by atoms with Crippen molar-refractivity contribution < 1.29 is 9.31 Å². The maximum absolute atomic E-state index is 13.9. The molecular weight excluding hydrogens is 457 g/mol. The highest BCUT2D eigenvalue weighted by molar-refractivity contribution is 9.10. The van der Waals surface area contributed by atoms with Crippen molar-refractivity contribution in [3.8, 4) is 0 Å². The fourth-order valence-electron chi connectivity index (χ4n) is 2.61. The van der Waals surface area contributed by atoms with Crippen molar-refractivity contribution in [2.75, 3.05) is 24.1 Å². The van der Waals surface area contributed by atoms with Gasteiger partial charge in [-0.25, -0.2) is 14.1 Å². The van der Waals surface area contributed by atoms with E-state index in [2.05, 4.69) is 36.6 Å². The largest absolute Gasteiger partial charge is 0.383 e. The van der Waals surface area contributed by atoms with Gasteiger partial charge in [-0.2, -0.15) is 5.10 Å². The number of nitrogens with one attached hydrogen (secondary N) is 2. The molecule has 0 amide bonds. The van der Waals surface area contributed by atoms with Crippen LogP contribution in [-0.4, -0.2) is 32.8 Å². The third kappa shape index (κ3) is 5.32. The van der Waals surface area contributed by atoms with Crippen LogP contribution in [0.4, 0.5) is 21.7 Å². The van der Waals surface area contributed by atoms with E-state index in [1.165, 1.54) is 29.1 Å². The molecule has 0 spiro atoms. The summed E-state index contributed by atoms with van der Waals surface area (Å²) in [5.41, 5.74) is 6.53. The Morgan fingerprint density at radius 1 is 1.27 bits per heavy atom. The summed E-state index contributed by atoms with van der Waals surface area (Å²) in [7, 11) is 0. The van der Waals surface area contributed by atoms with Gasteiger partial charge in [-0.3, -0.25) is 10.1 Å². The van der Waals surface area contributed by atoms with Crippen LogP contribution in [0.1, 0.15) is 5.56 Å². The molecule has 3 aromatic rings. The molecule has 0 fully saturated rings. The number of anilines is 2. The van der Waals surface area contributed by atoms with Crippen LogP contribution in [0, 0.1) is 15.9 Å². The lowest BCUT2D eigenvalue weighted by atomic mass is 10.1. The minimum Gasteiger partial charge on any atom is -0.383 e. The molecular formula is C19H19BrFN7O2. The molecule has 1 aromatic carbocycles. The highest BCUT2D eigenvalue weighted by atomic mass is 79.9. The second-order valence-corrected chi connectivity index (χ2v) is 7.04. The zero-order chi connectivity index (χ0) is 21.5. The third-order valence-electron chi connectivity index (χ3n) is 4.16. The number of hydrogen-bond acceptors (Lipinski definition) is 7. The molecule has 156 valence electrons. The molecule has 9 nitrogen and oxygen atoms in total. The molecule has 0 radical (unpaired) electrons. The smallest absolute Gasteiger partial charge is 0.287 e. The van der Waals surface area contributed by atoms with Crippen molar-refractivity contribution in [1.29, 1.82) is 0 Å². The van der Waals surface area contributed by atoms with E-state index in [0.29, 0.717) is 47.0 Å². The summed E-state index contributed by atoms with van der Waals surface area (Å²) in [6.07, 6.45) is 4.92. The van der Waals surface area contributed by atoms with Crippen molar-refractivity contribution in [3.05, 3.63) is 80.8 Å². The van der Waals surface area contributed by atoms with Crippen LogP contribution in [0.25, 0.3) is 5.82 Å². The van der Waals surface area contributed by atoms with Gasteiger partial charge < -0.3 is 16.4 Å². The summed E-state index contributed by atoms with van der Waals surface area (Å²) < 4.78 is 16.1. The molecule has 0 aliphatic rings. The number of nitrogens with zero attached hydrogens (tertiary/aromatic N) is 4. The maximum Gasteiger partial charge on any atom is 0.287 e. The normalized spacial score (nSPS) is 11.3. The number of aromatic nitrogens is 3. The Morgan fingerprint density at radius 2 is 2.07 bits per heavy atom. The number of benzene rings is 1. The minimum atomic E-state index is -0.502. The highest BCUT2D eigenvalue weighted by Crippen LogP contribution is 2.21. The first-order valence-electron chi connectivity index (χ1n) is 8.97. The molecule has 0 aliphatic heterocycles. The van der Waals surface area contributed by atoms with Crippen molar-refractivity contribution in [2.45, 2.75) is 6.42 Å². The highest BCUT2D eigenvalue weighted by Gasteiger charge is 2.10. The van der Waals surface area contributed by atoms with Crippen LogP contribution in [0.15, 0.2) is 59.3 Å². The Bertz CT molecular complexity index is 1050. The van der Waals surface area contributed by atoms with E-state index in [9.17, 15) is 14.5 Å². The van der Waals surface area contributed by atoms with Crippen LogP contribution in [0.3, 0.4) is 0 Å². The summed E-state index contributed by atoms with van der Waals surface area (Å²) in [4.78, 5) is 14.2. The van der Waals surface area contributed by atoms with Crippen LogP contribution in [-0.2, 0) is 6.42 Å². The molecule has 3 rings (SSSR count). The quantitative estimate of drug-likeness (QED) is 0.246. The summed E-state index contributed by atoms with van der Waals surface area (Å²) in [5.74, 6) is 1.24. The van der Waals surface area contributed by atoms with E-state index >= 15 is 0 Å². The van der Waals surface area contributed by atoms with Crippen molar-refractivity contribution in [2.24, 2.45) is 0 Å². The first-order valence-corrected chi connectivity index (χ1v) is 9.76. The topological polar surface area (TPSA) is 124 Å². The van der Waals surface area contributed by atoms with E-state index in [0.717, 1.165) is 0 Å². The van der Waals surface area contributed by atoms with Crippen LogP contribution in [0.2, 0.25) is 0 Å². The summed E-state index contributed by atoms with van der Waals surface area (Å²) in [6.45, 7) is 0.947. The number of nitro groups is 1. The van der Waals surface area contributed by atoms with Gasteiger partial charge in [-0.05, 0) is 46.1 Å². The molecule has 2 heterocycles. The Morgan fingerprint density at radius 3 is 2.70 bits per heavy atom. The van der Waals surface area contributed by atoms with Crippen molar-refractivity contribution in [1.82, 2.24) is 20.1 Å². The fraction of sp³-hybridized carbons (Fsp3) is 0.158. The number of rotatable bonds is 9. The van der Waals surface area contributed by atoms with E-state index in [-0.39, 0.29) is 11.5 Å². The zero-order valence-electron chi connectivity index (χ0n) is 15.8. The summed E-state index contributed by atoms with van der Waals surface area (Å²) in [5, 5.41) is 21.2. The molecule has 11 heteroatoms.